The molecular weight excluding hydrogens is 280 g/mol. The van der Waals surface area contributed by atoms with E-state index in [1.165, 1.54) is 6.33 Å². The summed E-state index contributed by atoms with van der Waals surface area (Å²) in [5.41, 5.74) is 2.36. The normalized spacial score (nSPS) is 14.7. The average Bonchev–Trinajstić information content (AvgIpc) is 2.62. The first-order valence-corrected chi connectivity index (χ1v) is 7.25. The number of nitrogens with zero attached hydrogens (tertiary/aromatic N) is 3. The Morgan fingerprint density at radius 2 is 2.05 bits per heavy atom. The molecule has 1 saturated heterocycles. The van der Waals surface area contributed by atoms with Gasteiger partial charge in [0, 0.05) is 37.3 Å². The minimum atomic E-state index is 0.0352. The van der Waals surface area contributed by atoms with Gasteiger partial charge in [-0.05, 0) is 12.1 Å². The van der Waals surface area contributed by atoms with E-state index in [4.69, 9.17) is 4.74 Å². The lowest BCUT2D eigenvalue weighted by molar-refractivity contribution is 0.0303. The van der Waals surface area contributed by atoms with Crippen LogP contribution in [-0.2, 0) is 4.74 Å². The van der Waals surface area contributed by atoms with Crippen molar-refractivity contribution in [2.24, 2.45) is 0 Å². The number of amides is 1. The Hall–Kier alpha value is -2.47. The van der Waals surface area contributed by atoms with Crippen LogP contribution in [0.1, 0.15) is 10.4 Å². The maximum absolute atomic E-state index is 12.5. The summed E-state index contributed by atoms with van der Waals surface area (Å²) in [6.45, 7) is 2.48. The summed E-state index contributed by atoms with van der Waals surface area (Å²) in [6.07, 6.45) is 1.51. The fraction of sp³-hybridized carbons (Fsp3) is 0.312. The Kier molecular flexibility index (Phi) is 4.29. The zero-order valence-corrected chi connectivity index (χ0v) is 12.5. The number of carbonyl (C=O) groups is 1. The fourth-order valence-electron chi connectivity index (χ4n) is 2.41. The number of carbonyl (C=O) groups excluding carboxylic acids is 1. The van der Waals surface area contributed by atoms with E-state index in [0.717, 1.165) is 17.1 Å². The Morgan fingerprint density at radius 3 is 2.82 bits per heavy atom. The third kappa shape index (κ3) is 3.07. The van der Waals surface area contributed by atoms with Crippen molar-refractivity contribution in [3.8, 4) is 11.3 Å². The third-order valence-corrected chi connectivity index (χ3v) is 3.63. The smallest absolute Gasteiger partial charge is 0.254 e. The molecule has 0 unspecified atom stereocenters. The molecule has 1 aliphatic rings. The Balaban J connectivity index is 1.87. The van der Waals surface area contributed by atoms with Gasteiger partial charge in [0.2, 0.25) is 0 Å². The first-order valence-electron chi connectivity index (χ1n) is 7.25. The van der Waals surface area contributed by atoms with Crippen LogP contribution in [0.25, 0.3) is 11.3 Å². The van der Waals surface area contributed by atoms with E-state index < -0.39 is 0 Å². The van der Waals surface area contributed by atoms with Gasteiger partial charge in [-0.1, -0.05) is 12.1 Å². The molecule has 1 aliphatic heterocycles. The van der Waals surface area contributed by atoms with Crippen LogP contribution in [0.5, 0.6) is 0 Å². The van der Waals surface area contributed by atoms with Crippen molar-refractivity contribution in [3.63, 3.8) is 0 Å². The van der Waals surface area contributed by atoms with Crippen molar-refractivity contribution in [1.82, 2.24) is 14.9 Å². The third-order valence-electron chi connectivity index (χ3n) is 3.63. The fourth-order valence-corrected chi connectivity index (χ4v) is 2.41. The summed E-state index contributed by atoms with van der Waals surface area (Å²) in [7, 11) is 1.81. The Bertz CT molecular complexity index is 669. The number of morpholine rings is 1. The minimum absolute atomic E-state index is 0.0352. The summed E-state index contributed by atoms with van der Waals surface area (Å²) in [4.78, 5) is 22.7. The number of nitrogens with one attached hydrogen (secondary N) is 1. The summed E-state index contributed by atoms with van der Waals surface area (Å²) in [5, 5.41) is 2.99. The highest BCUT2D eigenvalue weighted by atomic mass is 16.5. The SMILES string of the molecule is CNc1cc(-c2cccc(C(=O)N3CCOCC3)c2)ncn1. The van der Waals surface area contributed by atoms with Crippen LogP contribution < -0.4 is 5.32 Å². The molecule has 1 N–H and O–H groups in total. The molecule has 1 amide bonds. The Labute approximate surface area is 129 Å². The van der Waals surface area contributed by atoms with E-state index in [2.05, 4.69) is 15.3 Å². The lowest BCUT2D eigenvalue weighted by Gasteiger charge is -2.27. The number of benzene rings is 1. The van der Waals surface area contributed by atoms with Gasteiger partial charge in [-0.2, -0.15) is 0 Å². The van der Waals surface area contributed by atoms with Crippen LogP contribution in [-0.4, -0.2) is 54.1 Å². The quantitative estimate of drug-likeness (QED) is 0.933. The maximum atomic E-state index is 12.5. The van der Waals surface area contributed by atoms with E-state index in [0.29, 0.717) is 31.9 Å². The molecule has 114 valence electrons. The monoisotopic (exact) mass is 298 g/mol. The van der Waals surface area contributed by atoms with Gasteiger partial charge < -0.3 is 15.0 Å². The van der Waals surface area contributed by atoms with Gasteiger partial charge in [0.25, 0.3) is 5.91 Å². The highest BCUT2D eigenvalue weighted by molar-refractivity contribution is 5.95. The molecule has 1 aromatic heterocycles. The average molecular weight is 298 g/mol. The molecule has 6 heteroatoms. The van der Waals surface area contributed by atoms with Gasteiger partial charge in [0.05, 0.1) is 18.9 Å². The van der Waals surface area contributed by atoms with E-state index in [1.807, 2.05) is 42.3 Å². The molecule has 0 atom stereocenters. The molecule has 6 nitrogen and oxygen atoms in total. The molecule has 1 fully saturated rings. The van der Waals surface area contributed by atoms with Crippen molar-refractivity contribution in [2.75, 3.05) is 38.7 Å². The largest absolute Gasteiger partial charge is 0.378 e. The molecule has 1 aromatic carbocycles. The number of hydrogen-bond acceptors (Lipinski definition) is 5. The molecule has 0 bridgehead atoms. The molecule has 2 heterocycles. The topological polar surface area (TPSA) is 67.4 Å². The number of hydrogen-bond donors (Lipinski definition) is 1. The van der Waals surface area contributed by atoms with E-state index in [1.54, 1.807) is 0 Å². The molecule has 2 aromatic rings. The van der Waals surface area contributed by atoms with Crippen LogP contribution in [0.2, 0.25) is 0 Å². The maximum Gasteiger partial charge on any atom is 0.254 e. The van der Waals surface area contributed by atoms with E-state index in [-0.39, 0.29) is 5.91 Å². The zero-order chi connectivity index (χ0) is 15.4. The van der Waals surface area contributed by atoms with Crippen LogP contribution in [0.4, 0.5) is 5.82 Å². The van der Waals surface area contributed by atoms with E-state index >= 15 is 0 Å². The van der Waals surface area contributed by atoms with Crippen LogP contribution in [0, 0.1) is 0 Å². The van der Waals surface area contributed by atoms with Crippen LogP contribution >= 0.6 is 0 Å². The lowest BCUT2D eigenvalue weighted by atomic mass is 10.1. The van der Waals surface area contributed by atoms with E-state index in [9.17, 15) is 4.79 Å². The molecule has 0 spiro atoms. The lowest BCUT2D eigenvalue weighted by Crippen LogP contribution is -2.40. The van der Waals surface area contributed by atoms with Crippen LogP contribution in [0.15, 0.2) is 36.7 Å². The predicted molar refractivity (Wildman–Crippen MR) is 83.7 cm³/mol. The Morgan fingerprint density at radius 1 is 1.23 bits per heavy atom. The molecule has 22 heavy (non-hydrogen) atoms. The minimum Gasteiger partial charge on any atom is -0.378 e. The van der Waals surface area contributed by atoms with Crippen molar-refractivity contribution in [2.45, 2.75) is 0 Å². The number of rotatable bonds is 3. The standard InChI is InChI=1S/C16H18N4O2/c1-17-15-10-14(18-11-19-15)12-3-2-4-13(9-12)16(21)20-5-7-22-8-6-20/h2-4,9-11H,5-8H2,1H3,(H,17,18,19). The summed E-state index contributed by atoms with van der Waals surface area (Å²) in [6, 6.07) is 9.39. The second kappa shape index (κ2) is 6.53. The molecular formula is C16H18N4O2. The summed E-state index contributed by atoms with van der Waals surface area (Å²) in [5.74, 6) is 0.781. The number of ether oxygens (including phenoxy) is 1. The van der Waals surface area contributed by atoms with Crippen molar-refractivity contribution >= 4 is 11.7 Å². The highest BCUT2D eigenvalue weighted by Gasteiger charge is 2.18. The van der Waals surface area contributed by atoms with Gasteiger partial charge in [-0.15, -0.1) is 0 Å². The summed E-state index contributed by atoms with van der Waals surface area (Å²) < 4.78 is 5.29. The predicted octanol–water partition coefficient (Wildman–Crippen LogP) is 1.66. The van der Waals surface area contributed by atoms with Gasteiger partial charge in [0.1, 0.15) is 12.1 Å². The first kappa shape index (κ1) is 14.5. The van der Waals surface area contributed by atoms with Crippen molar-refractivity contribution in [1.29, 1.82) is 0 Å². The highest BCUT2D eigenvalue weighted by Crippen LogP contribution is 2.20. The molecule has 3 rings (SSSR count). The van der Waals surface area contributed by atoms with Gasteiger partial charge in [-0.3, -0.25) is 4.79 Å². The second-order valence-corrected chi connectivity index (χ2v) is 5.02. The van der Waals surface area contributed by atoms with Crippen molar-refractivity contribution < 1.29 is 9.53 Å². The van der Waals surface area contributed by atoms with Crippen molar-refractivity contribution in [3.05, 3.63) is 42.2 Å². The molecule has 0 radical (unpaired) electrons. The second-order valence-electron chi connectivity index (χ2n) is 5.02. The first-order chi connectivity index (χ1) is 10.8. The molecule has 0 aliphatic carbocycles. The number of aromatic nitrogens is 2. The number of anilines is 1. The van der Waals surface area contributed by atoms with Gasteiger partial charge in [-0.25, -0.2) is 9.97 Å². The summed E-state index contributed by atoms with van der Waals surface area (Å²) >= 11 is 0. The molecule has 0 saturated carbocycles. The van der Waals surface area contributed by atoms with Crippen LogP contribution in [0.3, 0.4) is 0 Å². The zero-order valence-electron chi connectivity index (χ0n) is 12.5. The van der Waals surface area contributed by atoms with Gasteiger partial charge >= 0.3 is 0 Å². The van der Waals surface area contributed by atoms with Gasteiger partial charge in [0.15, 0.2) is 0 Å².